The molecule has 0 amide bonds. The number of rotatable bonds is 5. The number of hydrogen-bond donors (Lipinski definition) is 1. The van der Waals surface area contributed by atoms with Gasteiger partial charge in [-0.05, 0) is 12.5 Å². The second kappa shape index (κ2) is 5.59. The minimum atomic E-state index is -0.561. The summed E-state index contributed by atoms with van der Waals surface area (Å²) in [6.45, 7) is 2.41. The van der Waals surface area contributed by atoms with Crippen LogP contribution in [0.1, 0.15) is 30.7 Å². The van der Waals surface area contributed by atoms with E-state index in [2.05, 4.69) is 15.3 Å². The molecule has 1 atom stereocenters. The van der Waals surface area contributed by atoms with Gasteiger partial charge in [-0.1, -0.05) is 18.2 Å². The summed E-state index contributed by atoms with van der Waals surface area (Å²) >= 11 is 0. The quantitative estimate of drug-likeness (QED) is 0.860. The number of methoxy groups -OCH3 is 1. The molecular formula is C12H16N4O2. The smallest absolute Gasteiger partial charge is 0.218 e. The predicted molar refractivity (Wildman–Crippen MR) is 65.2 cm³/mol. The normalized spacial score (nSPS) is 12.4. The number of aromatic nitrogens is 4. The fraction of sp³-hybridized carbons (Fsp3) is 0.417. The molecular weight excluding hydrogens is 232 g/mol. The summed E-state index contributed by atoms with van der Waals surface area (Å²) in [7, 11) is 1.58. The lowest BCUT2D eigenvalue weighted by atomic mass is 10.2. The van der Waals surface area contributed by atoms with Crippen molar-refractivity contribution in [1.82, 2.24) is 20.0 Å². The number of pyridine rings is 1. The summed E-state index contributed by atoms with van der Waals surface area (Å²) in [6.07, 6.45) is 3.47. The van der Waals surface area contributed by atoms with Crippen LogP contribution in [0, 0.1) is 0 Å². The molecule has 0 aliphatic carbocycles. The van der Waals surface area contributed by atoms with E-state index in [0.29, 0.717) is 24.5 Å². The van der Waals surface area contributed by atoms with Gasteiger partial charge in [0.15, 0.2) is 0 Å². The highest BCUT2D eigenvalue weighted by molar-refractivity contribution is 5.25. The molecule has 18 heavy (non-hydrogen) atoms. The fourth-order valence-corrected chi connectivity index (χ4v) is 1.66. The largest absolute Gasteiger partial charge is 0.481 e. The van der Waals surface area contributed by atoms with Crippen molar-refractivity contribution >= 4 is 0 Å². The van der Waals surface area contributed by atoms with Gasteiger partial charge in [0.05, 0.1) is 26.0 Å². The Hall–Kier alpha value is -1.95. The first-order chi connectivity index (χ1) is 8.74. The summed E-state index contributed by atoms with van der Waals surface area (Å²) in [6, 6.07) is 3.76. The monoisotopic (exact) mass is 248 g/mol. The Morgan fingerprint density at radius 3 is 3.06 bits per heavy atom. The summed E-state index contributed by atoms with van der Waals surface area (Å²) in [4.78, 5) is 4.12. The Morgan fingerprint density at radius 2 is 2.33 bits per heavy atom. The van der Waals surface area contributed by atoms with Crippen LogP contribution in [0.4, 0.5) is 0 Å². The Morgan fingerprint density at radius 1 is 1.50 bits per heavy atom. The Labute approximate surface area is 105 Å². The van der Waals surface area contributed by atoms with Crippen molar-refractivity contribution in [3.05, 3.63) is 35.8 Å². The Kier molecular flexibility index (Phi) is 3.88. The molecule has 0 saturated carbocycles. The van der Waals surface area contributed by atoms with E-state index in [9.17, 15) is 5.11 Å². The van der Waals surface area contributed by atoms with Gasteiger partial charge in [-0.15, -0.1) is 5.10 Å². The third kappa shape index (κ3) is 2.65. The minimum Gasteiger partial charge on any atom is -0.481 e. The molecule has 0 aliphatic heterocycles. The van der Waals surface area contributed by atoms with Gasteiger partial charge in [-0.2, -0.15) is 0 Å². The van der Waals surface area contributed by atoms with Crippen LogP contribution in [0.2, 0.25) is 0 Å². The lowest BCUT2D eigenvalue weighted by Gasteiger charge is -2.06. The topological polar surface area (TPSA) is 73.1 Å². The first kappa shape index (κ1) is 12.5. The van der Waals surface area contributed by atoms with E-state index in [4.69, 9.17) is 4.74 Å². The van der Waals surface area contributed by atoms with Crippen LogP contribution in [-0.4, -0.2) is 32.2 Å². The maximum absolute atomic E-state index is 9.66. The summed E-state index contributed by atoms with van der Waals surface area (Å²) in [5.41, 5.74) is 1.50. The van der Waals surface area contributed by atoms with Gasteiger partial charge < -0.3 is 9.84 Å². The van der Waals surface area contributed by atoms with E-state index in [1.54, 1.807) is 24.2 Å². The maximum Gasteiger partial charge on any atom is 0.218 e. The molecule has 0 fully saturated rings. The molecule has 0 bridgehead atoms. The van der Waals surface area contributed by atoms with Crippen molar-refractivity contribution in [2.45, 2.75) is 26.0 Å². The van der Waals surface area contributed by atoms with Gasteiger partial charge in [0.25, 0.3) is 0 Å². The minimum absolute atomic E-state index is 0.514. The highest BCUT2D eigenvalue weighted by Crippen LogP contribution is 2.16. The van der Waals surface area contributed by atoms with E-state index in [1.165, 1.54) is 0 Å². The number of aliphatic hydroxyl groups is 1. The molecule has 0 saturated heterocycles. The predicted octanol–water partition coefficient (Wildman–Crippen LogP) is 1.17. The standard InChI is InChI=1S/C12H16N4O2/c1-3-11(17)10-8-16(15-14-10)7-9-5-4-6-13-12(9)18-2/h4-6,8,11,17H,3,7H2,1-2H3. The highest BCUT2D eigenvalue weighted by atomic mass is 16.5. The molecule has 0 aromatic carbocycles. The summed E-state index contributed by atoms with van der Waals surface area (Å²) < 4.78 is 6.83. The van der Waals surface area contributed by atoms with Crippen LogP contribution < -0.4 is 4.74 Å². The molecule has 2 rings (SSSR count). The molecule has 96 valence electrons. The van der Waals surface area contributed by atoms with Gasteiger partial charge in [0.2, 0.25) is 5.88 Å². The lowest BCUT2D eigenvalue weighted by molar-refractivity contribution is 0.168. The number of hydrogen-bond acceptors (Lipinski definition) is 5. The van der Waals surface area contributed by atoms with Crippen molar-refractivity contribution in [1.29, 1.82) is 0 Å². The first-order valence-corrected chi connectivity index (χ1v) is 5.80. The number of aliphatic hydroxyl groups excluding tert-OH is 1. The van der Waals surface area contributed by atoms with E-state index in [-0.39, 0.29) is 0 Å². The van der Waals surface area contributed by atoms with Crippen LogP contribution in [-0.2, 0) is 6.54 Å². The molecule has 2 aromatic heterocycles. The zero-order chi connectivity index (χ0) is 13.0. The average molecular weight is 248 g/mol. The van der Waals surface area contributed by atoms with Crippen LogP contribution in [0.3, 0.4) is 0 Å². The summed E-state index contributed by atoms with van der Waals surface area (Å²) in [5.74, 6) is 0.575. The Balaban J connectivity index is 2.16. The lowest BCUT2D eigenvalue weighted by Crippen LogP contribution is -2.03. The van der Waals surface area contributed by atoms with E-state index < -0.39 is 6.10 Å². The van der Waals surface area contributed by atoms with Gasteiger partial charge in [-0.3, -0.25) is 0 Å². The fourth-order valence-electron chi connectivity index (χ4n) is 1.66. The molecule has 2 heterocycles. The van der Waals surface area contributed by atoms with Crippen molar-refractivity contribution in [3.63, 3.8) is 0 Å². The van der Waals surface area contributed by atoms with Crippen molar-refractivity contribution in [2.24, 2.45) is 0 Å². The first-order valence-electron chi connectivity index (χ1n) is 5.80. The second-order valence-electron chi connectivity index (χ2n) is 3.94. The molecule has 2 aromatic rings. The highest BCUT2D eigenvalue weighted by Gasteiger charge is 2.11. The van der Waals surface area contributed by atoms with Crippen molar-refractivity contribution < 1.29 is 9.84 Å². The molecule has 0 spiro atoms. The third-order valence-corrected chi connectivity index (χ3v) is 2.66. The van der Waals surface area contributed by atoms with Gasteiger partial charge >= 0.3 is 0 Å². The molecule has 0 aliphatic rings. The van der Waals surface area contributed by atoms with Crippen molar-refractivity contribution in [3.8, 4) is 5.88 Å². The molecule has 6 nitrogen and oxygen atoms in total. The van der Waals surface area contributed by atoms with E-state index in [0.717, 1.165) is 5.56 Å². The maximum atomic E-state index is 9.66. The number of ether oxygens (including phenoxy) is 1. The third-order valence-electron chi connectivity index (χ3n) is 2.66. The van der Waals surface area contributed by atoms with Gasteiger partial charge in [-0.25, -0.2) is 9.67 Å². The van der Waals surface area contributed by atoms with Crippen molar-refractivity contribution in [2.75, 3.05) is 7.11 Å². The molecule has 6 heteroatoms. The molecule has 0 radical (unpaired) electrons. The second-order valence-corrected chi connectivity index (χ2v) is 3.94. The van der Waals surface area contributed by atoms with Crippen LogP contribution in [0.5, 0.6) is 5.88 Å². The zero-order valence-electron chi connectivity index (χ0n) is 10.4. The zero-order valence-corrected chi connectivity index (χ0v) is 10.4. The molecule has 1 unspecified atom stereocenters. The van der Waals surface area contributed by atoms with E-state index in [1.807, 2.05) is 19.1 Å². The van der Waals surface area contributed by atoms with Crippen LogP contribution in [0.25, 0.3) is 0 Å². The number of nitrogens with zero attached hydrogens (tertiary/aromatic N) is 4. The SMILES string of the molecule is CCC(O)c1cn(Cc2cccnc2OC)nn1. The van der Waals surface area contributed by atoms with Gasteiger partial charge in [0, 0.05) is 11.8 Å². The average Bonchev–Trinajstić information content (AvgIpc) is 2.87. The van der Waals surface area contributed by atoms with Crippen LogP contribution in [0.15, 0.2) is 24.5 Å². The molecule has 1 N–H and O–H groups in total. The van der Waals surface area contributed by atoms with Gasteiger partial charge in [0.1, 0.15) is 5.69 Å². The van der Waals surface area contributed by atoms with E-state index >= 15 is 0 Å². The summed E-state index contributed by atoms with van der Waals surface area (Å²) in [5, 5.41) is 17.6. The Bertz CT molecular complexity index is 512. The van der Waals surface area contributed by atoms with Crippen LogP contribution >= 0.6 is 0 Å².